The zero-order valence-electron chi connectivity index (χ0n) is 33.4. The highest BCUT2D eigenvalue weighted by atomic mass is 15.1. The van der Waals surface area contributed by atoms with E-state index in [0.717, 1.165) is 11.4 Å². The number of hydrogen-bond acceptors (Lipinski definition) is 1. The lowest BCUT2D eigenvalue weighted by molar-refractivity contribution is 0.332. The Morgan fingerprint density at radius 2 is 0.982 bits per heavy atom. The third kappa shape index (κ3) is 5.43. The highest BCUT2D eigenvalue weighted by molar-refractivity contribution is 6.09. The van der Waals surface area contributed by atoms with E-state index in [9.17, 15) is 0 Å². The van der Waals surface area contributed by atoms with Crippen LogP contribution in [0.25, 0.3) is 54.9 Å². The van der Waals surface area contributed by atoms with Gasteiger partial charge in [-0.25, -0.2) is 0 Å². The lowest BCUT2D eigenvalue weighted by Gasteiger charge is -2.42. The first-order valence-electron chi connectivity index (χ1n) is 20.3. The Balaban J connectivity index is 1.27. The van der Waals surface area contributed by atoms with Crippen LogP contribution >= 0.6 is 0 Å². The molecule has 0 heterocycles. The highest BCUT2D eigenvalue weighted by Crippen LogP contribution is 2.55. The molecule has 8 aromatic carbocycles. The molecule has 1 nitrogen and oxygen atoms in total. The molecule has 2 aliphatic rings. The van der Waals surface area contributed by atoms with Gasteiger partial charge in [0.2, 0.25) is 0 Å². The molecule has 0 saturated heterocycles. The smallest absolute Gasteiger partial charge is 0.0543 e. The van der Waals surface area contributed by atoms with E-state index in [1.54, 1.807) is 0 Å². The summed E-state index contributed by atoms with van der Waals surface area (Å²) in [6.07, 6.45) is 2.38. The number of nitrogens with zero attached hydrogens (tertiary/aromatic N) is 1. The van der Waals surface area contributed by atoms with Gasteiger partial charge in [0.15, 0.2) is 0 Å². The molecule has 0 bridgehead atoms. The molecule has 56 heavy (non-hydrogen) atoms. The van der Waals surface area contributed by atoms with Crippen LogP contribution in [0.4, 0.5) is 17.1 Å². The largest absolute Gasteiger partial charge is 0.310 e. The van der Waals surface area contributed by atoms with E-state index < -0.39 is 0 Å². The zero-order valence-corrected chi connectivity index (χ0v) is 33.4. The van der Waals surface area contributed by atoms with Crippen LogP contribution < -0.4 is 4.90 Å². The molecule has 0 radical (unpaired) electrons. The van der Waals surface area contributed by atoms with Crippen molar-refractivity contribution in [3.8, 4) is 33.4 Å². The third-order valence-electron chi connectivity index (χ3n) is 13.3. The lowest BCUT2D eigenvalue weighted by Crippen LogP contribution is -2.33. The van der Waals surface area contributed by atoms with Crippen molar-refractivity contribution in [2.24, 2.45) is 0 Å². The van der Waals surface area contributed by atoms with Gasteiger partial charge < -0.3 is 4.90 Å². The van der Waals surface area contributed by atoms with Crippen molar-refractivity contribution in [2.45, 2.75) is 70.6 Å². The van der Waals surface area contributed by atoms with Gasteiger partial charge in [0.25, 0.3) is 0 Å². The van der Waals surface area contributed by atoms with Crippen LogP contribution in [-0.4, -0.2) is 0 Å². The van der Waals surface area contributed by atoms with Gasteiger partial charge in [-0.3, -0.25) is 0 Å². The lowest BCUT2D eigenvalue weighted by atomic mass is 9.63. The molecule has 274 valence electrons. The minimum Gasteiger partial charge on any atom is -0.310 e. The Bertz CT molecular complexity index is 2820. The summed E-state index contributed by atoms with van der Waals surface area (Å²) in [6, 6.07) is 61.7. The fourth-order valence-electron chi connectivity index (χ4n) is 9.90. The second kappa shape index (κ2) is 12.6. The Morgan fingerprint density at radius 3 is 1.77 bits per heavy atom. The monoisotopic (exact) mass is 723 g/mol. The van der Waals surface area contributed by atoms with Crippen molar-refractivity contribution in [3.63, 3.8) is 0 Å². The molecule has 0 spiro atoms. The first-order chi connectivity index (χ1) is 27.0. The van der Waals surface area contributed by atoms with Crippen LogP contribution in [-0.2, 0) is 16.2 Å². The molecule has 10 rings (SSSR count). The van der Waals surface area contributed by atoms with Crippen LogP contribution in [0.1, 0.15) is 76.6 Å². The summed E-state index contributed by atoms with van der Waals surface area (Å²) in [7, 11) is 0. The maximum absolute atomic E-state index is 2.54. The van der Waals surface area contributed by atoms with Gasteiger partial charge >= 0.3 is 0 Å². The zero-order chi connectivity index (χ0) is 38.4. The molecule has 0 amide bonds. The molecule has 0 aliphatic heterocycles. The van der Waals surface area contributed by atoms with Crippen molar-refractivity contribution < 1.29 is 0 Å². The number of benzene rings is 8. The summed E-state index contributed by atoms with van der Waals surface area (Å²) in [5.41, 5.74) is 16.9. The third-order valence-corrected chi connectivity index (χ3v) is 13.3. The van der Waals surface area contributed by atoms with Crippen molar-refractivity contribution in [3.05, 3.63) is 186 Å². The maximum atomic E-state index is 2.54. The van der Waals surface area contributed by atoms with E-state index in [2.05, 4.69) is 210 Å². The Kier molecular flexibility index (Phi) is 7.75. The first-order valence-corrected chi connectivity index (χ1v) is 20.3. The van der Waals surface area contributed by atoms with Crippen molar-refractivity contribution in [1.82, 2.24) is 0 Å². The molecule has 0 N–H and O–H groups in total. The first kappa shape index (κ1) is 34.6. The molecule has 1 heteroatoms. The van der Waals surface area contributed by atoms with Crippen molar-refractivity contribution in [2.75, 3.05) is 4.90 Å². The second-order valence-electron chi connectivity index (χ2n) is 18.1. The Labute approximate surface area is 332 Å². The number of anilines is 3. The number of hydrogen-bond donors (Lipinski definition) is 0. The highest BCUT2D eigenvalue weighted by Gasteiger charge is 2.39. The summed E-state index contributed by atoms with van der Waals surface area (Å²) in [4.78, 5) is 2.53. The average Bonchev–Trinajstić information content (AvgIpc) is 3.45. The molecule has 0 saturated carbocycles. The normalized spacial score (nSPS) is 16.0. The van der Waals surface area contributed by atoms with Gasteiger partial charge in [-0.1, -0.05) is 169 Å². The molecular formula is C55H49N. The summed E-state index contributed by atoms with van der Waals surface area (Å²) < 4.78 is 0. The molecule has 0 aromatic heterocycles. The van der Waals surface area contributed by atoms with E-state index in [-0.39, 0.29) is 16.2 Å². The van der Waals surface area contributed by atoms with Gasteiger partial charge in [0.1, 0.15) is 0 Å². The maximum Gasteiger partial charge on any atom is 0.0543 e. The molecule has 0 unspecified atom stereocenters. The van der Waals surface area contributed by atoms with E-state index in [0.29, 0.717) is 0 Å². The van der Waals surface area contributed by atoms with Gasteiger partial charge in [-0.05, 0) is 132 Å². The summed E-state index contributed by atoms with van der Waals surface area (Å²) in [5.74, 6) is 0. The minimum absolute atomic E-state index is 0.0959. The van der Waals surface area contributed by atoms with Crippen LogP contribution in [0.5, 0.6) is 0 Å². The predicted octanol–water partition coefficient (Wildman–Crippen LogP) is 15.5. The van der Waals surface area contributed by atoms with E-state index in [4.69, 9.17) is 0 Å². The van der Waals surface area contributed by atoms with Gasteiger partial charge in [0, 0.05) is 22.4 Å². The Hall–Kier alpha value is -5.92. The standard InChI is InChI=1S/C55H49N/c1-53(2)30-31-54(3,4)51-32-40(25-29-49(51)53)46-34-47-44-18-12-13-19-48(44)55(5,6)50(47)35-52(46)56(41-26-22-37(23-27-41)36-14-8-7-9-15-36)42-28-24-39-21-20-38-16-10-11-17-43(38)45(39)33-42/h7-29,32-35H,30-31H2,1-6H3. The van der Waals surface area contributed by atoms with E-state index in [1.165, 1.54) is 95.7 Å². The van der Waals surface area contributed by atoms with Gasteiger partial charge in [-0.2, -0.15) is 0 Å². The summed E-state index contributed by atoms with van der Waals surface area (Å²) >= 11 is 0. The molecule has 0 fully saturated rings. The minimum atomic E-state index is -0.149. The topological polar surface area (TPSA) is 3.24 Å². The molecular weight excluding hydrogens is 675 g/mol. The second-order valence-corrected chi connectivity index (χ2v) is 18.1. The number of fused-ring (bicyclic) bond motifs is 7. The number of rotatable bonds is 5. The van der Waals surface area contributed by atoms with Crippen molar-refractivity contribution >= 4 is 38.6 Å². The molecule has 2 aliphatic carbocycles. The van der Waals surface area contributed by atoms with Crippen LogP contribution in [0.15, 0.2) is 164 Å². The Morgan fingerprint density at radius 1 is 0.375 bits per heavy atom. The predicted molar refractivity (Wildman–Crippen MR) is 240 cm³/mol. The summed E-state index contributed by atoms with van der Waals surface area (Å²) in [6.45, 7) is 14.5. The quantitative estimate of drug-likeness (QED) is 0.160. The average molecular weight is 724 g/mol. The fraction of sp³-hybridized carbons (Fsp3) is 0.200. The van der Waals surface area contributed by atoms with Crippen LogP contribution in [0.3, 0.4) is 0 Å². The fourth-order valence-corrected chi connectivity index (χ4v) is 9.90. The molecule has 0 atom stereocenters. The van der Waals surface area contributed by atoms with Gasteiger partial charge in [-0.15, -0.1) is 0 Å². The van der Waals surface area contributed by atoms with Crippen LogP contribution in [0, 0.1) is 0 Å². The SMILES string of the molecule is CC1(C)CCC(C)(C)c2cc(-c3cc4c(cc3N(c3ccc(-c5ccccc5)cc3)c3ccc5ccc6ccccc6c5c3)C(C)(C)c3ccccc3-4)ccc21. The van der Waals surface area contributed by atoms with E-state index >= 15 is 0 Å². The van der Waals surface area contributed by atoms with Crippen LogP contribution in [0.2, 0.25) is 0 Å². The van der Waals surface area contributed by atoms with E-state index in [1.807, 2.05) is 0 Å². The summed E-state index contributed by atoms with van der Waals surface area (Å²) in [5, 5.41) is 5.04. The van der Waals surface area contributed by atoms with Crippen molar-refractivity contribution in [1.29, 1.82) is 0 Å². The molecule has 8 aromatic rings. The van der Waals surface area contributed by atoms with Gasteiger partial charge in [0.05, 0.1) is 5.69 Å².